The van der Waals surface area contributed by atoms with Gasteiger partial charge in [-0.1, -0.05) is 24.3 Å². The first-order valence-corrected chi connectivity index (χ1v) is 13.2. The fourth-order valence-electron chi connectivity index (χ4n) is 6.27. The number of aliphatic hydroxyl groups is 1. The average molecular weight is 510 g/mol. The molecule has 198 valence electrons. The molecule has 1 aromatic rings. The highest BCUT2D eigenvalue weighted by Gasteiger charge is 2.72. The van der Waals surface area contributed by atoms with Gasteiger partial charge in [0.05, 0.1) is 31.3 Å². The lowest BCUT2D eigenvalue weighted by atomic mass is 9.77. The highest BCUT2D eigenvalue weighted by Crippen LogP contribution is 2.53. The molecule has 4 aliphatic rings. The molecule has 4 aliphatic heterocycles. The van der Waals surface area contributed by atoms with E-state index in [1.807, 2.05) is 42.5 Å². The fraction of sp³-hybridized carbons (Fsp3) is 0.536. The Labute approximate surface area is 217 Å². The van der Waals surface area contributed by atoms with Gasteiger partial charge in [0.25, 0.3) is 5.91 Å². The van der Waals surface area contributed by atoms with Crippen molar-refractivity contribution in [3.8, 4) is 0 Å². The third-order valence-corrected chi connectivity index (χ3v) is 8.09. The Kier molecular flexibility index (Phi) is 6.85. The molecule has 1 unspecified atom stereocenters. The Hall–Kier alpha value is -3.17. The first kappa shape index (κ1) is 25.5. The van der Waals surface area contributed by atoms with Gasteiger partial charge in [-0.25, -0.2) is 0 Å². The predicted molar refractivity (Wildman–Crippen MR) is 138 cm³/mol. The lowest BCUT2D eigenvalue weighted by Crippen LogP contribution is -2.57. The lowest BCUT2D eigenvalue weighted by molar-refractivity contribution is -0.155. The summed E-state index contributed by atoms with van der Waals surface area (Å²) in [5, 5.41) is 10.0. The molecule has 1 spiro atoms. The van der Waals surface area contributed by atoms with Crippen LogP contribution in [0.5, 0.6) is 0 Å². The molecule has 0 radical (unpaired) electrons. The van der Waals surface area contributed by atoms with E-state index < -0.39 is 41.6 Å². The normalized spacial score (nSPS) is 31.7. The van der Waals surface area contributed by atoms with Gasteiger partial charge in [0, 0.05) is 31.0 Å². The SMILES string of the molecule is CCN(CC)c1ccc(N2CC=C[C@]34O[C@H]5C=CCCOC(=O)[C@H]5[C@H]3C(=O)N([C@H](C)CO)C4C2=O)cc1. The van der Waals surface area contributed by atoms with Crippen LogP contribution in [0.3, 0.4) is 0 Å². The van der Waals surface area contributed by atoms with Crippen LogP contribution < -0.4 is 9.80 Å². The number of hydrogen-bond donors (Lipinski definition) is 1. The highest BCUT2D eigenvalue weighted by molar-refractivity contribution is 6.05. The molecule has 0 aromatic heterocycles. The number of aliphatic hydroxyl groups excluding tert-OH is 1. The Bertz CT molecular complexity index is 1110. The number of anilines is 2. The van der Waals surface area contributed by atoms with E-state index in [-0.39, 0.29) is 25.0 Å². The number of cyclic esters (lactones) is 1. The second-order valence-corrected chi connectivity index (χ2v) is 10.0. The number of rotatable bonds is 6. The smallest absolute Gasteiger partial charge is 0.312 e. The molecule has 37 heavy (non-hydrogen) atoms. The summed E-state index contributed by atoms with van der Waals surface area (Å²) in [5.41, 5.74) is 0.435. The van der Waals surface area contributed by atoms with Gasteiger partial charge in [0.1, 0.15) is 17.6 Å². The molecule has 0 aliphatic carbocycles. The van der Waals surface area contributed by atoms with Crippen molar-refractivity contribution in [3.05, 3.63) is 48.6 Å². The molecule has 5 rings (SSSR count). The van der Waals surface area contributed by atoms with E-state index in [2.05, 4.69) is 18.7 Å². The molecule has 0 saturated carbocycles. The summed E-state index contributed by atoms with van der Waals surface area (Å²) in [6, 6.07) is 6.15. The van der Waals surface area contributed by atoms with Crippen molar-refractivity contribution >= 4 is 29.2 Å². The van der Waals surface area contributed by atoms with E-state index in [0.717, 1.165) is 18.8 Å². The number of nitrogens with zero attached hydrogens (tertiary/aromatic N) is 3. The maximum absolute atomic E-state index is 14.3. The average Bonchev–Trinajstić information content (AvgIpc) is 3.28. The summed E-state index contributed by atoms with van der Waals surface area (Å²) < 4.78 is 12.0. The second kappa shape index (κ2) is 9.95. The number of benzene rings is 1. The first-order chi connectivity index (χ1) is 17.9. The molecule has 1 N–H and O–H groups in total. The van der Waals surface area contributed by atoms with Gasteiger partial charge in [-0.2, -0.15) is 0 Å². The fourth-order valence-corrected chi connectivity index (χ4v) is 6.27. The maximum atomic E-state index is 14.3. The van der Waals surface area contributed by atoms with Crippen LogP contribution in [0.25, 0.3) is 0 Å². The number of hydrogen-bond acceptors (Lipinski definition) is 7. The van der Waals surface area contributed by atoms with Gasteiger partial charge in [0.15, 0.2) is 0 Å². The first-order valence-electron chi connectivity index (χ1n) is 13.2. The quantitative estimate of drug-likeness (QED) is 0.462. The number of fused-ring (bicyclic) bond motifs is 2. The van der Waals surface area contributed by atoms with Crippen molar-refractivity contribution in [2.75, 3.05) is 42.6 Å². The van der Waals surface area contributed by atoms with E-state index in [1.54, 1.807) is 17.9 Å². The zero-order valence-electron chi connectivity index (χ0n) is 21.6. The van der Waals surface area contributed by atoms with E-state index >= 15 is 0 Å². The Balaban J connectivity index is 1.56. The van der Waals surface area contributed by atoms with Crippen LogP contribution in [-0.2, 0) is 23.9 Å². The van der Waals surface area contributed by atoms with Gasteiger partial charge in [-0.3, -0.25) is 14.4 Å². The van der Waals surface area contributed by atoms with Gasteiger partial charge < -0.3 is 29.3 Å². The number of esters is 1. The number of carbonyl (C=O) groups excluding carboxylic acids is 3. The van der Waals surface area contributed by atoms with E-state index in [1.165, 1.54) is 4.90 Å². The van der Waals surface area contributed by atoms with Gasteiger partial charge in [0.2, 0.25) is 5.91 Å². The molecular weight excluding hydrogens is 474 g/mol. The van der Waals surface area contributed by atoms with Crippen molar-refractivity contribution in [1.29, 1.82) is 0 Å². The predicted octanol–water partition coefficient (Wildman–Crippen LogP) is 1.90. The van der Waals surface area contributed by atoms with Crippen molar-refractivity contribution in [2.24, 2.45) is 11.8 Å². The summed E-state index contributed by atoms with van der Waals surface area (Å²) >= 11 is 0. The molecule has 4 heterocycles. The molecule has 2 fully saturated rings. The number of likely N-dealkylation sites (tertiary alicyclic amines) is 1. The molecule has 9 heteroatoms. The Morgan fingerprint density at radius 1 is 1.11 bits per heavy atom. The van der Waals surface area contributed by atoms with Gasteiger partial charge >= 0.3 is 5.97 Å². The second-order valence-electron chi connectivity index (χ2n) is 10.0. The van der Waals surface area contributed by atoms with Crippen LogP contribution in [0.2, 0.25) is 0 Å². The zero-order valence-corrected chi connectivity index (χ0v) is 21.6. The van der Waals surface area contributed by atoms with Crippen molar-refractivity contribution in [2.45, 2.75) is 51.0 Å². The summed E-state index contributed by atoms with van der Waals surface area (Å²) in [6.07, 6.45) is 7.23. The Morgan fingerprint density at radius 2 is 1.84 bits per heavy atom. The van der Waals surface area contributed by atoms with E-state index in [4.69, 9.17) is 9.47 Å². The van der Waals surface area contributed by atoms with Gasteiger partial charge in [-0.15, -0.1) is 0 Å². The van der Waals surface area contributed by atoms with Gasteiger partial charge in [-0.05, 0) is 51.5 Å². The van der Waals surface area contributed by atoms with Crippen molar-refractivity contribution < 1.29 is 29.0 Å². The van der Waals surface area contributed by atoms with Crippen LogP contribution in [0.4, 0.5) is 11.4 Å². The third kappa shape index (κ3) is 3.95. The summed E-state index contributed by atoms with van der Waals surface area (Å²) in [6.45, 7) is 7.85. The number of ether oxygens (including phenoxy) is 2. The minimum absolute atomic E-state index is 0.235. The minimum Gasteiger partial charge on any atom is -0.465 e. The summed E-state index contributed by atoms with van der Waals surface area (Å²) in [5.74, 6) is -2.95. The highest BCUT2D eigenvalue weighted by atomic mass is 16.6. The summed E-state index contributed by atoms with van der Waals surface area (Å²) in [7, 11) is 0. The number of amides is 2. The van der Waals surface area contributed by atoms with Crippen LogP contribution in [-0.4, -0.2) is 84.4 Å². The van der Waals surface area contributed by atoms with Crippen molar-refractivity contribution in [1.82, 2.24) is 4.90 Å². The maximum Gasteiger partial charge on any atom is 0.312 e. The molecule has 2 amide bonds. The van der Waals surface area contributed by atoms with Crippen molar-refractivity contribution in [3.63, 3.8) is 0 Å². The topological polar surface area (TPSA) is 99.6 Å². The monoisotopic (exact) mass is 509 g/mol. The van der Waals surface area contributed by atoms with Crippen LogP contribution in [0, 0.1) is 11.8 Å². The molecule has 2 saturated heterocycles. The van der Waals surface area contributed by atoms with Crippen LogP contribution >= 0.6 is 0 Å². The van der Waals surface area contributed by atoms with Crippen LogP contribution in [0.1, 0.15) is 27.2 Å². The van der Waals surface area contributed by atoms with E-state index in [0.29, 0.717) is 18.7 Å². The minimum atomic E-state index is -1.34. The molecule has 0 bridgehead atoms. The molecule has 1 aromatic carbocycles. The standard InChI is InChI=1S/C28H35N3O6/c1-4-29(5-2)19-10-12-20(13-11-19)30-15-8-14-28-23(22-21(37-28)9-6-7-16-36-27(22)35)25(33)31(18(3)17-32)24(28)26(30)34/h6,8-14,18,21-24,32H,4-5,7,15-17H2,1-3H3/t18-,21+,22-,23+,24?,28+/m1/s1. The molecule has 6 atom stereocenters. The molecular formula is C28H35N3O6. The summed E-state index contributed by atoms with van der Waals surface area (Å²) in [4.78, 5) is 46.6. The number of carbonyl (C=O) groups is 3. The van der Waals surface area contributed by atoms with E-state index in [9.17, 15) is 19.5 Å². The zero-order chi connectivity index (χ0) is 26.3. The largest absolute Gasteiger partial charge is 0.465 e. The van der Waals surface area contributed by atoms with Crippen LogP contribution in [0.15, 0.2) is 48.6 Å². The Morgan fingerprint density at radius 3 is 2.51 bits per heavy atom. The lowest BCUT2D eigenvalue weighted by Gasteiger charge is -2.37. The molecule has 9 nitrogen and oxygen atoms in total. The third-order valence-electron chi connectivity index (χ3n) is 8.09.